The predicted octanol–water partition coefficient (Wildman–Crippen LogP) is 4.60. The van der Waals surface area contributed by atoms with Crippen LogP contribution in [-0.4, -0.2) is 19.7 Å². The van der Waals surface area contributed by atoms with Crippen LogP contribution in [0.25, 0.3) is 5.70 Å². The van der Waals surface area contributed by atoms with Gasteiger partial charge in [0.05, 0.1) is 5.70 Å². The summed E-state index contributed by atoms with van der Waals surface area (Å²) in [5.41, 5.74) is 5.45. The average Bonchev–Trinajstić information content (AvgIpc) is 3.44. The number of hydrogen-bond donors (Lipinski definition) is 1. The molecule has 0 radical (unpaired) electrons. The van der Waals surface area contributed by atoms with Crippen molar-refractivity contribution in [3.8, 4) is 5.75 Å². The lowest BCUT2D eigenvalue weighted by Gasteiger charge is -2.38. The minimum Gasteiger partial charge on any atom is -0.480 e. The van der Waals surface area contributed by atoms with Gasteiger partial charge in [0.15, 0.2) is 6.10 Å². The SMILES string of the molecule is Cc1ccc2c(c1)C1=C([C@@H](c3cccs3)O2)[C@@H](c2cccnc2)n2ncnc2N1. The van der Waals surface area contributed by atoms with E-state index in [0.717, 1.165) is 39.0 Å². The maximum atomic E-state index is 6.57. The van der Waals surface area contributed by atoms with E-state index in [1.54, 1.807) is 23.9 Å². The molecule has 0 amide bonds. The number of ether oxygens (including phenoxy) is 1. The molecule has 142 valence electrons. The highest BCUT2D eigenvalue weighted by molar-refractivity contribution is 7.10. The van der Waals surface area contributed by atoms with Crippen LogP contribution in [0.4, 0.5) is 5.95 Å². The molecule has 0 bridgehead atoms. The quantitative estimate of drug-likeness (QED) is 0.534. The lowest BCUT2D eigenvalue weighted by Crippen LogP contribution is -2.32. The van der Waals surface area contributed by atoms with Crippen molar-refractivity contribution in [2.75, 3.05) is 5.32 Å². The largest absolute Gasteiger partial charge is 0.480 e. The Morgan fingerprint density at radius 1 is 1.17 bits per heavy atom. The molecule has 7 heteroatoms. The smallest absolute Gasteiger partial charge is 0.226 e. The highest BCUT2D eigenvalue weighted by Gasteiger charge is 2.41. The molecule has 2 aliphatic heterocycles. The second-order valence-corrected chi connectivity index (χ2v) is 8.16. The Bertz CT molecular complexity index is 1230. The molecule has 29 heavy (non-hydrogen) atoms. The molecule has 0 spiro atoms. The van der Waals surface area contributed by atoms with Crippen molar-refractivity contribution < 1.29 is 4.74 Å². The van der Waals surface area contributed by atoms with E-state index in [4.69, 9.17) is 4.74 Å². The van der Waals surface area contributed by atoms with Gasteiger partial charge in [-0.3, -0.25) is 4.98 Å². The highest BCUT2D eigenvalue weighted by atomic mass is 32.1. The zero-order valence-corrected chi connectivity index (χ0v) is 16.4. The van der Waals surface area contributed by atoms with E-state index in [9.17, 15) is 0 Å². The summed E-state index contributed by atoms with van der Waals surface area (Å²) in [4.78, 5) is 9.97. The summed E-state index contributed by atoms with van der Waals surface area (Å²) in [7, 11) is 0. The van der Waals surface area contributed by atoms with E-state index in [1.165, 1.54) is 5.56 Å². The number of rotatable bonds is 2. The number of benzene rings is 1. The number of thiophene rings is 1. The van der Waals surface area contributed by atoms with E-state index in [2.05, 4.69) is 69.1 Å². The van der Waals surface area contributed by atoms with Gasteiger partial charge in [-0.25, -0.2) is 4.68 Å². The first-order chi connectivity index (χ1) is 14.3. The molecular formula is C22H17N5OS. The Morgan fingerprint density at radius 3 is 2.97 bits per heavy atom. The van der Waals surface area contributed by atoms with Gasteiger partial charge in [-0.2, -0.15) is 10.1 Å². The van der Waals surface area contributed by atoms with Crippen molar-refractivity contribution >= 4 is 23.0 Å². The number of aromatic nitrogens is 4. The average molecular weight is 399 g/mol. The van der Waals surface area contributed by atoms with Crippen molar-refractivity contribution in [1.82, 2.24) is 19.7 Å². The van der Waals surface area contributed by atoms with Gasteiger partial charge in [0, 0.05) is 28.4 Å². The molecule has 1 aromatic carbocycles. The number of anilines is 1. The third-order valence-corrected chi connectivity index (χ3v) is 6.29. The topological polar surface area (TPSA) is 64.9 Å². The minimum absolute atomic E-state index is 0.154. The Hall–Kier alpha value is -3.45. The first-order valence-electron chi connectivity index (χ1n) is 9.41. The second-order valence-electron chi connectivity index (χ2n) is 7.19. The lowest BCUT2D eigenvalue weighted by molar-refractivity contribution is 0.226. The highest BCUT2D eigenvalue weighted by Crippen LogP contribution is 2.51. The Balaban J connectivity index is 1.66. The Morgan fingerprint density at radius 2 is 2.14 bits per heavy atom. The van der Waals surface area contributed by atoms with Crippen molar-refractivity contribution in [2.24, 2.45) is 0 Å². The maximum absolute atomic E-state index is 6.57. The number of fused-ring (bicyclic) bond motifs is 3. The van der Waals surface area contributed by atoms with Crippen LogP contribution in [0, 0.1) is 6.92 Å². The van der Waals surface area contributed by atoms with E-state index < -0.39 is 0 Å². The van der Waals surface area contributed by atoms with Crippen molar-refractivity contribution in [2.45, 2.75) is 19.1 Å². The molecule has 6 rings (SSSR count). The second kappa shape index (κ2) is 6.28. The zero-order chi connectivity index (χ0) is 19.4. The molecule has 0 unspecified atom stereocenters. The van der Waals surface area contributed by atoms with Crippen LogP contribution in [0.5, 0.6) is 5.75 Å². The van der Waals surface area contributed by atoms with Gasteiger partial charge in [-0.05, 0) is 42.1 Å². The van der Waals surface area contributed by atoms with Gasteiger partial charge in [0.2, 0.25) is 5.95 Å². The molecule has 4 aromatic rings. The summed E-state index contributed by atoms with van der Waals surface area (Å²) < 4.78 is 8.49. The zero-order valence-electron chi connectivity index (χ0n) is 15.6. The summed E-state index contributed by atoms with van der Waals surface area (Å²) in [5.74, 6) is 1.59. The van der Waals surface area contributed by atoms with Crippen LogP contribution >= 0.6 is 11.3 Å². The van der Waals surface area contributed by atoms with Crippen molar-refractivity contribution in [3.63, 3.8) is 0 Å². The normalized spacial score (nSPS) is 19.6. The van der Waals surface area contributed by atoms with Crippen molar-refractivity contribution in [1.29, 1.82) is 0 Å². The molecule has 2 atom stereocenters. The number of nitrogens with one attached hydrogen (secondary N) is 1. The molecule has 0 saturated carbocycles. The van der Waals surface area contributed by atoms with Gasteiger partial charge in [0.1, 0.15) is 18.1 Å². The van der Waals surface area contributed by atoms with Gasteiger partial charge in [0.25, 0.3) is 0 Å². The maximum Gasteiger partial charge on any atom is 0.226 e. The van der Waals surface area contributed by atoms with E-state index in [1.807, 2.05) is 16.9 Å². The van der Waals surface area contributed by atoms with Gasteiger partial charge in [-0.1, -0.05) is 23.8 Å². The summed E-state index contributed by atoms with van der Waals surface area (Å²) in [6.07, 6.45) is 5.05. The van der Waals surface area contributed by atoms with Gasteiger partial charge >= 0.3 is 0 Å². The fraction of sp³-hybridized carbons (Fsp3) is 0.136. The molecule has 0 saturated heterocycles. The first kappa shape index (κ1) is 16.5. The Labute approximate surface area is 171 Å². The molecule has 6 nitrogen and oxygen atoms in total. The monoisotopic (exact) mass is 399 g/mol. The molecular weight excluding hydrogens is 382 g/mol. The fourth-order valence-electron chi connectivity index (χ4n) is 4.12. The molecule has 5 heterocycles. The predicted molar refractivity (Wildman–Crippen MR) is 112 cm³/mol. The first-order valence-corrected chi connectivity index (χ1v) is 10.3. The summed E-state index contributed by atoms with van der Waals surface area (Å²) >= 11 is 1.70. The number of pyridine rings is 1. The molecule has 0 aliphatic carbocycles. The summed E-state index contributed by atoms with van der Waals surface area (Å²) in [6, 6.07) is 14.4. The summed E-state index contributed by atoms with van der Waals surface area (Å²) in [6.45, 7) is 2.09. The van der Waals surface area contributed by atoms with Crippen LogP contribution in [0.2, 0.25) is 0 Å². The van der Waals surface area contributed by atoms with E-state index in [-0.39, 0.29) is 12.1 Å². The molecule has 3 aromatic heterocycles. The van der Waals surface area contributed by atoms with Gasteiger partial charge < -0.3 is 10.1 Å². The van der Waals surface area contributed by atoms with E-state index in [0.29, 0.717) is 0 Å². The Kier molecular flexibility index (Phi) is 3.57. The number of aryl methyl sites for hydroxylation is 1. The molecule has 2 aliphatic rings. The number of nitrogens with zero attached hydrogens (tertiary/aromatic N) is 4. The lowest BCUT2D eigenvalue weighted by atomic mass is 9.87. The third-order valence-electron chi connectivity index (χ3n) is 5.37. The van der Waals surface area contributed by atoms with Crippen molar-refractivity contribution in [3.05, 3.63) is 93.7 Å². The summed E-state index contributed by atoms with van der Waals surface area (Å²) in [5, 5.41) is 10.1. The van der Waals surface area contributed by atoms with Crippen LogP contribution in [-0.2, 0) is 0 Å². The van der Waals surface area contributed by atoms with Crippen LogP contribution in [0.1, 0.15) is 33.7 Å². The standard InChI is InChI=1S/C22H17N5OS/c1-13-6-7-16-15(10-13)19-18(21(28-16)17-5-3-9-29-17)20(14-4-2-8-23-11-14)27-22(26-19)24-12-25-27/h2-12,20-21H,1H3,(H,24,25,26)/t20-,21-/m1/s1. The molecule has 0 fully saturated rings. The van der Waals surface area contributed by atoms with E-state index >= 15 is 0 Å². The fourth-order valence-corrected chi connectivity index (χ4v) is 4.89. The third kappa shape index (κ3) is 2.51. The van der Waals surface area contributed by atoms with Crippen LogP contribution in [0.3, 0.4) is 0 Å². The van der Waals surface area contributed by atoms with Crippen LogP contribution in [0.15, 0.2) is 72.1 Å². The van der Waals surface area contributed by atoms with Crippen LogP contribution < -0.4 is 10.1 Å². The molecule has 1 N–H and O–H groups in total. The minimum atomic E-state index is -0.213. The van der Waals surface area contributed by atoms with Gasteiger partial charge in [-0.15, -0.1) is 11.3 Å². The number of hydrogen-bond acceptors (Lipinski definition) is 6.